The molecule has 1 aliphatic rings. The minimum Gasteiger partial charge on any atom is -0.480 e. The highest BCUT2D eigenvalue weighted by Gasteiger charge is 2.27. The fourth-order valence-corrected chi connectivity index (χ4v) is 1.23. The Morgan fingerprint density at radius 3 is 2.82 bits per heavy atom. The Labute approximate surface area is 65.8 Å². The molecule has 0 amide bonds. The van der Waals surface area contributed by atoms with Crippen LogP contribution in [0.4, 0.5) is 0 Å². The Bertz CT molecular complexity index is 214. The Balaban J connectivity index is 2.45. The molecule has 0 aromatic heterocycles. The molecule has 1 heterocycles. The predicted octanol–water partition coefficient (Wildman–Crippen LogP) is 0.215. The van der Waals surface area contributed by atoms with Crippen LogP contribution in [0.1, 0.15) is 19.8 Å². The van der Waals surface area contributed by atoms with Crippen molar-refractivity contribution in [2.75, 3.05) is 0 Å². The minimum atomic E-state index is -0.773. The molecule has 1 aliphatic heterocycles. The quantitative estimate of drug-likeness (QED) is 0.529. The summed E-state index contributed by atoms with van der Waals surface area (Å²) in [7, 11) is 0. The van der Waals surface area contributed by atoms with E-state index in [2.05, 4.69) is 17.2 Å². The van der Waals surface area contributed by atoms with Crippen LogP contribution in [0.2, 0.25) is 0 Å². The van der Waals surface area contributed by atoms with E-state index in [1.54, 1.807) is 6.92 Å². The maximum Gasteiger partial charge on any atom is 0.320 e. The highest BCUT2D eigenvalue weighted by atomic mass is 16.4. The van der Waals surface area contributed by atoms with Crippen molar-refractivity contribution in [3.05, 3.63) is 0 Å². The van der Waals surface area contributed by atoms with E-state index in [9.17, 15) is 4.79 Å². The molecule has 0 spiro atoms. The molecule has 11 heavy (non-hydrogen) atoms. The van der Waals surface area contributed by atoms with Gasteiger partial charge in [0.2, 0.25) is 0 Å². The fourth-order valence-electron chi connectivity index (χ4n) is 1.23. The van der Waals surface area contributed by atoms with E-state index >= 15 is 0 Å². The van der Waals surface area contributed by atoms with E-state index in [0.29, 0.717) is 6.42 Å². The molecule has 0 aliphatic carbocycles. The number of rotatable bonds is 1. The summed E-state index contributed by atoms with van der Waals surface area (Å²) >= 11 is 0. The summed E-state index contributed by atoms with van der Waals surface area (Å²) in [5.41, 5.74) is 0. The summed E-state index contributed by atoms with van der Waals surface area (Å²) in [6.45, 7) is 1.76. The van der Waals surface area contributed by atoms with Gasteiger partial charge >= 0.3 is 5.97 Å². The van der Waals surface area contributed by atoms with Gasteiger partial charge in [0.15, 0.2) is 0 Å². The lowest BCUT2D eigenvalue weighted by Gasteiger charge is -2.03. The Hall–Kier alpha value is -1.01. The van der Waals surface area contributed by atoms with E-state index in [1.807, 2.05) is 0 Å². The van der Waals surface area contributed by atoms with Crippen molar-refractivity contribution < 1.29 is 9.90 Å². The van der Waals surface area contributed by atoms with E-state index in [1.165, 1.54) is 0 Å². The molecule has 0 saturated carbocycles. The van der Waals surface area contributed by atoms with Crippen molar-refractivity contribution >= 4 is 5.97 Å². The average molecular weight is 153 g/mol. The first-order valence-corrected chi connectivity index (χ1v) is 3.65. The third-order valence-corrected chi connectivity index (χ3v) is 1.76. The molecule has 2 atom stereocenters. The van der Waals surface area contributed by atoms with Crippen molar-refractivity contribution in [2.45, 2.75) is 31.8 Å². The third kappa shape index (κ3) is 1.95. The molecule has 0 radical (unpaired) electrons. The molecule has 3 nitrogen and oxygen atoms in total. The van der Waals surface area contributed by atoms with E-state index in [4.69, 9.17) is 5.11 Å². The smallest absolute Gasteiger partial charge is 0.320 e. The maximum absolute atomic E-state index is 10.4. The number of carbonyl (C=O) groups is 1. The van der Waals surface area contributed by atoms with Crippen LogP contribution in [-0.4, -0.2) is 23.2 Å². The summed E-state index contributed by atoms with van der Waals surface area (Å²) in [5, 5.41) is 11.5. The largest absolute Gasteiger partial charge is 0.480 e. The van der Waals surface area contributed by atoms with Crippen molar-refractivity contribution in [3.63, 3.8) is 0 Å². The SMILES string of the molecule is CC#C[C@H]1CC[C@@H](C(=O)O)N1. The van der Waals surface area contributed by atoms with E-state index in [-0.39, 0.29) is 12.1 Å². The molecular formula is C8H11NO2. The number of hydrogen-bond acceptors (Lipinski definition) is 2. The zero-order valence-corrected chi connectivity index (χ0v) is 6.42. The zero-order valence-electron chi connectivity index (χ0n) is 6.42. The van der Waals surface area contributed by atoms with Gasteiger partial charge in [-0.05, 0) is 19.8 Å². The molecule has 3 heteroatoms. The minimum absolute atomic E-state index is 0.0844. The summed E-state index contributed by atoms with van der Waals surface area (Å²) in [6.07, 6.45) is 1.53. The molecule has 0 aromatic carbocycles. The molecule has 1 rings (SSSR count). The van der Waals surface area contributed by atoms with E-state index < -0.39 is 5.97 Å². The topological polar surface area (TPSA) is 49.3 Å². The Morgan fingerprint density at radius 1 is 1.64 bits per heavy atom. The summed E-state index contributed by atoms with van der Waals surface area (Å²) in [5.74, 6) is 4.90. The van der Waals surface area contributed by atoms with Crippen LogP contribution in [0.3, 0.4) is 0 Å². The highest BCUT2D eigenvalue weighted by molar-refractivity contribution is 5.74. The molecule has 0 bridgehead atoms. The van der Waals surface area contributed by atoms with Crippen molar-refractivity contribution in [3.8, 4) is 11.8 Å². The van der Waals surface area contributed by atoms with Crippen LogP contribution in [0.5, 0.6) is 0 Å². The van der Waals surface area contributed by atoms with Gasteiger partial charge in [-0.25, -0.2) is 0 Å². The van der Waals surface area contributed by atoms with Gasteiger partial charge in [-0.15, -0.1) is 5.92 Å². The Morgan fingerprint density at radius 2 is 2.36 bits per heavy atom. The lowest BCUT2D eigenvalue weighted by Crippen LogP contribution is -2.34. The first-order chi connectivity index (χ1) is 5.24. The maximum atomic E-state index is 10.4. The Kier molecular flexibility index (Phi) is 2.50. The third-order valence-electron chi connectivity index (χ3n) is 1.76. The van der Waals surface area contributed by atoms with Crippen LogP contribution >= 0.6 is 0 Å². The van der Waals surface area contributed by atoms with Gasteiger partial charge in [0.1, 0.15) is 6.04 Å². The second-order valence-corrected chi connectivity index (χ2v) is 2.58. The van der Waals surface area contributed by atoms with Gasteiger partial charge in [0, 0.05) is 0 Å². The first kappa shape index (κ1) is 8.09. The molecule has 1 fully saturated rings. The van der Waals surface area contributed by atoms with Crippen LogP contribution in [0.15, 0.2) is 0 Å². The zero-order chi connectivity index (χ0) is 8.27. The molecule has 0 aromatic rings. The number of hydrogen-bond donors (Lipinski definition) is 2. The van der Waals surface area contributed by atoms with Gasteiger partial charge in [-0.2, -0.15) is 0 Å². The van der Waals surface area contributed by atoms with Crippen LogP contribution in [-0.2, 0) is 4.79 Å². The highest BCUT2D eigenvalue weighted by Crippen LogP contribution is 2.11. The summed E-state index contributed by atoms with van der Waals surface area (Å²) in [4.78, 5) is 10.4. The summed E-state index contributed by atoms with van der Waals surface area (Å²) < 4.78 is 0. The number of carboxylic acids is 1. The number of carboxylic acid groups (broad SMARTS) is 1. The van der Waals surface area contributed by atoms with Crippen LogP contribution < -0.4 is 5.32 Å². The predicted molar refractivity (Wildman–Crippen MR) is 41.0 cm³/mol. The van der Waals surface area contributed by atoms with Crippen molar-refractivity contribution in [1.29, 1.82) is 0 Å². The van der Waals surface area contributed by atoms with Gasteiger partial charge < -0.3 is 5.11 Å². The van der Waals surface area contributed by atoms with Crippen LogP contribution in [0.25, 0.3) is 0 Å². The lowest BCUT2D eigenvalue weighted by molar-refractivity contribution is -0.139. The number of aliphatic carboxylic acids is 1. The average Bonchev–Trinajstić information content (AvgIpc) is 2.37. The normalized spacial score (nSPS) is 29.2. The first-order valence-electron chi connectivity index (χ1n) is 3.65. The van der Waals surface area contributed by atoms with Crippen molar-refractivity contribution in [2.24, 2.45) is 0 Å². The molecular weight excluding hydrogens is 142 g/mol. The summed E-state index contributed by atoms with van der Waals surface area (Å²) in [6, 6.07) is -0.304. The molecule has 1 saturated heterocycles. The molecule has 0 unspecified atom stereocenters. The standard InChI is InChI=1S/C8H11NO2/c1-2-3-6-4-5-7(9-6)8(10)11/h6-7,9H,4-5H2,1H3,(H,10,11)/t6-,7-/m0/s1. The lowest BCUT2D eigenvalue weighted by atomic mass is 10.2. The van der Waals surface area contributed by atoms with Gasteiger partial charge in [0.25, 0.3) is 0 Å². The number of nitrogens with one attached hydrogen (secondary N) is 1. The van der Waals surface area contributed by atoms with Gasteiger partial charge in [-0.3, -0.25) is 10.1 Å². The van der Waals surface area contributed by atoms with Gasteiger partial charge in [-0.1, -0.05) is 5.92 Å². The fraction of sp³-hybridized carbons (Fsp3) is 0.625. The van der Waals surface area contributed by atoms with Gasteiger partial charge in [0.05, 0.1) is 6.04 Å². The second kappa shape index (κ2) is 3.40. The molecule has 60 valence electrons. The van der Waals surface area contributed by atoms with Crippen LogP contribution in [0, 0.1) is 11.8 Å². The van der Waals surface area contributed by atoms with Crippen molar-refractivity contribution in [1.82, 2.24) is 5.32 Å². The second-order valence-electron chi connectivity index (χ2n) is 2.58. The van der Waals surface area contributed by atoms with E-state index in [0.717, 1.165) is 6.42 Å². The molecule has 2 N–H and O–H groups in total. The monoisotopic (exact) mass is 153 g/mol.